The monoisotopic (exact) mass is 1460 g/mol. The van der Waals surface area contributed by atoms with Crippen LogP contribution >= 0.6 is 27.7 Å². The van der Waals surface area contributed by atoms with Crippen LogP contribution in [-0.2, 0) is 81.9 Å². The van der Waals surface area contributed by atoms with Gasteiger partial charge in [0.25, 0.3) is 10.0 Å². The normalized spacial score (nSPS) is 16.4. The van der Waals surface area contributed by atoms with E-state index in [4.69, 9.17) is 19.9 Å². The Bertz CT molecular complexity index is 3790. The number of sulfonamides is 1. The summed E-state index contributed by atoms with van der Waals surface area (Å²) in [5.41, 5.74) is 7.66. The number of hydrogen-bond donors (Lipinski definition) is 8. The Morgan fingerprint density at radius 2 is 1.49 bits per heavy atom. The van der Waals surface area contributed by atoms with Crippen LogP contribution in [0.3, 0.4) is 0 Å². The molecule has 0 radical (unpaired) electrons. The number of nitrogens with zero attached hydrogens (tertiary/aromatic N) is 3. The van der Waals surface area contributed by atoms with Crippen molar-refractivity contribution in [2.75, 3.05) is 25.4 Å². The van der Waals surface area contributed by atoms with Gasteiger partial charge in [-0.1, -0.05) is 92.6 Å². The Kier molecular flexibility index (Phi) is 27.1. The van der Waals surface area contributed by atoms with Crippen LogP contribution in [-0.4, -0.2) is 162 Å². The Balaban J connectivity index is 1.28. The quantitative estimate of drug-likeness (QED) is 0.00993. The van der Waals surface area contributed by atoms with Crippen LogP contribution < -0.4 is 47.1 Å². The van der Waals surface area contributed by atoms with Crippen LogP contribution in [0.25, 0.3) is 10.9 Å². The lowest BCUT2D eigenvalue weighted by Gasteiger charge is -2.34. The van der Waals surface area contributed by atoms with Crippen molar-refractivity contribution in [3.05, 3.63) is 92.6 Å². The van der Waals surface area contributed by atoms with Gasteiger partial charge in [-0.15, -0.1) is 0 Å². The number of nitrogens with two attached hydrogens (primary N) is 1. The zero-order valence-electron chi connectivity index (χ0n) is 58.6. The zero-order valence-corrected chi connectivity index (χ0v) is 61.8. The van der Waals surface area contributed by atoms with Crippen LogP contribution in [0.15, 0.2) is 69.1 Å². The average molecular weight is 1460 g/mol. The second-order valence-electron chi connectivity index (χ2n) is 27.8. The number of benzene rings is 3. The van der Waals surface area contributed by atoms with Gasteiger partial charge in [0, 0.05) is 59.7 Å². The number of esters is 1. The summed E-state index contributed by atoms with van der Waals surface area (Å²) in [4.78, 5) is 145. The number of rotatable bonds is 29. The maximum absolute atomic E-state index is 15.2. The van der Waals surface area contributed by atoms with E-state index in [0.717, 1.165) is 21.8 Å². The third-order valence-electron chi connectivity index (χ3n) is 16.8. The van der Waals surface area contributed by atoms with E-state index < -0.39 is 133 Å². The van der Waals surface area contributed by atoms with Crippen molar-refractivity contribution in [2.24, 2.45) is 22.1 Å². The fourth-order valence-corrected chi connectivity index (χ4v) is 14.4. The summed E-state index contributed by atoms with van der Waals surface area (Å²) in [5.74, 6) is -5.31. The fraction of sp³-hybridized carbons (Fsp3) is 0.551. The minimum atomic E-state index is -4.28. The molecule has 1 fully saturated rings. The van der Waals surface area contributed by atoms with Gasteiger partial charge in [0.1, 0.15) is 53.2 Å². The van der Waals surface area contributed by atoms with Crippen molar-refractivity contribution < 1.29 is 70.6 Å². The number of likely N-dealkylation sites (tertiary alicyclic amines) is 1. The summed E-state index contributed by atoms with van der Waals surface area (Å²) >= 11 is 4.17. The summed E-state index contributed by atoms with van der Waals surface area (Å²) in [6.07, 6.45) is 1.81. The minimum Gasteiger partial charge on any atom is -0.487 e. The molecule has 0 spiro atoms. The highest BCUT2D eigenvalue weighted by Gasteiger charge is 2.43. The Labute approximate surface area is 586 Å². The zero-order chi connectivity index (χ0) is 72.9. The number of nitrogens with one attached hydrogen (secondary N) is 7. The Morgan fingerprint density at radius 1 is 0.837 bits per heavy atom. The highest BCUT2D eigenvalue weighted by molar-refractivity contribution is 9.10. The summed E-state index contributed by atoms with van der Waals surface area (Å²) in [6.45, 7) is 25.8. The summed E-state index contributed by atoms with van der Waals surface area (Å²) in [5, 5.41) is 16.4. The highest BCUT2D eigenvalue weighted by atomic mass is 79.9. The molecule has 2 aliphatic rings. The van der Waals surface area contributed by atoms with Gasteiger partial charge in [-0.2, -0.15) is 0 Å². The number of para-hydroxylation sites is 1. The van der Waals surface area contributed by atoms with Crippen molar-refractivity contribution in [3.63, 3.8) is 0 Å². The SMILES string of the molecule is CCOC(=O)CCSC(=O)[C@H](CCCN=C(N)NS(=O)(=O)c1c(C)c(C)c2c(c1C)CC(C)(C)O2)NC(=O)[C@@H](Cc1cn(C(=O)OC(C)(C)C)c2ccccc12)NC(=O)[C@@H](NC(=O)[C@H](NC(=O)[C@@H]1CCCN1C(=O)[C@H](Cc1ccc(Br)cc1)NC(=O)[C@@H](C)NC=O)C(C)C)C(C)(C)C. The number of guanidine groups is 1. The molecule has 29 heteroatoms. The van der Waals surface area contributed by atoms with Gasteiger partial charge in [-0.25, -0.2) is 17.9 Å². The number of hydrogen-bond acceptors (Lipinski definition) is 17. The molecule has 7 amide bonds. The molecule has 1 aromatic heterocycles. The lowest BCUT2D eigenvalue weighted by atomic mass is 9.85. The van der Waals surface area contributed by atoms with E-state index in [1.54, 1.807) is 132 Å². The average Bonchev–Trinajstić information content (AvgIpc) is 1.53. The van der Waals surface area contributed by atoms with Crippen molar-refractivity contribution in [1.82, 2.24) is 46.1 Å². The third-order valence-corrected chi connectivity index (χ3v) is 19.9. The van der Waals surface area contributed by atoms with Crippen molar-refractivity contribution in [3.8, 4) is 5.75 Å². The molecule has 26 nitrogen and oxygen atoms in total. The summed E-state index contributed by atoms with van der Waals surface area (Å²) < 4.78 is 49.6. The molecule has 7 atom stereocenters. The molecule has 6 rings (SSSR count). The van der Waals surface area contributed by atoms with Crippen molar-refractivity contribution >= 4 is 114 Å². The molecule has 0 saturated carbocycles. The molecule has 0 unspecified atom stereocenters. The Hall–Kier alpha value is -8.05. The molecule has 1 saturated heterocycles. The van der Waals surface area contributed by atoms with E-state index in [1.807, 2.05) is 13.8 Å². The van der Waals surface area contributed by atoms with Crippen LogP contribution in [0.4, 0.5) is 4.79 Å². The van der Waals surface area contributed by atoms with Gasteiger partial charge in [0.2, 0.25) is 52.9 Å². The molecule has 3 heterocycles. The van der Waals surface area contributed by atoms with Crippen LogP contribution in [0, 0.1) is 32.1 Å². The number of aromatic nitrogens is 1. The number of fused-ring (bicyclic) bond motifs is 2. The van der Waals surface area contributed by atoms with E-state index in [9.17, 15) is 46.8 Å². The number of carbonyl (C=O) groups excluding carboxylic acids is 10. The number of amides is 7. The maximum Gasteiger partial charge on any atom is 0.419 e. The first-order valence-electron chi connectivity index (χ1n) is 32.8. The predicted octanol–water partition coefficient (Wildman–Crippen LogP) is 6.15. The summed E-state index contributed by atoms with van der Waals surface area (Å²) in [6, 6.07) is 5.18. The first-order valence-corrected chi connectivity index (χ1v) is 36.1. The van der Waals surface area contributed by atoms with E-state index in [2.05, 4.69) is 57.5 Å². The minimum absolute atomic E-state index is 0.0249. The van der Waals surface area contributed by atoms with Gasteiger partial charge in [-0.05, 0) is 152 Å². The lowest BCUT2D eigenvalue weighted by Crippen LogP contribution is -2.62. The molecular weight excluding hydrogens is 1370 g/mol. The number of thioether (sulfide) groups is 1. The molecule has 2 aliphatic heterocycles. The van der Waals surface area contributed by atoms with E-state index >= 15 is 9.59 Å². The predicted molar refractivity (Wildman–Crippen MR) is 376 cm³/mol. The van der Waals surface area contributed by atoms with Crippen molar-refractivity contribution in [1.29, 1.82) is 0 Å². The lowest BCUT2D eigenvalue weighted by molar-refractivity contribution is -0.143. The molecule has 9 N–H and O–H groups in total. The van der Waals surface area contributed by atoms with Crippen molar-refractivity contribution in [2.45, 2.75) is 214 Å². The van der Waals surface area contributed by atoms with E-state index in [0.29, 0.717) is 63.7 Å². The van der Waals surface area contributed by atoms with Gasteiger partial charge >= 0.3 is 12.1 Å². The third kappa shape index (κ3) is 21.0. The second kappa shape index (κ2) is 33.7. The second-order valence-corrected chi connectivity index (χ2v) is 31.4. The van der Waals surface area contributed by atoms with Crippen LogP contribution in [0.2, 0.25) is 0 Å². The van der Waals surface area contributed by atoms with Gasteiger partial charge in [0.05, 0.1) is 29.5 Å². The largest absolute Gasteiger partial charge is 0.487 e. The molecule has 3 aromatic carbocycles. The number of ether oxygens (including phenoxy) is 3. The molecule has 536 valence electrons. The maximum atomic E-state index is 15.2. The molecular formula is C69H96BrN11O15S2. The standard InChI is InChI=1S/C69H96BrN11O15S2/c1-16-94-53(83)29-32-97-64(90)48(22-19-30-72-65(71)79-98(92,93)56-40(5)39(4)55-47(41(56)6)35-69(14,15)95-55)74-59(85)49(34-44-36-81(66(91)96-68(11,12)13)51-23-18-17-21-46(44)51)75-62(88)57(67(8,9)10)78-61(87)54(38(2)3)77-60(86)52-24-20-31-80(52)63(89)50(76-58(84)42(7)73-37-82)33-43-25-27-45(70)28-26-43/h17-18,21,23,25-28,36-38,42,48-50,52,54,57H,16,19-20,22,24,29-35H2,1-15H3,(H,73,82)(H,74,85)(H,75,88)(H,76,84)(H,77,86)(H,78,87)(H3,71,72,79)/t42-,48+,49-,50+,52+,54-,57-/m1/s1. The highest BCUT2D eigenvalue weighted by Crippen LogP contribution is 2.44. The smallest absolute Gasteiger partial charge is 0.419 e. The Morgan fingerprint density at radius 3 is 2.12 bits per heavy atom. The number of halogens is 1. The van der Waals surface area contributed by atoms with Crippen LogP contribution in [0.5, 0.6) is 5.75 Å². The molecule has 98 heavy (non-hydrogen) atoms. The number of aliphatic imine (C=N–C) groups is 1. The topological polar surface area (TPSA) is 363 Å². The fourth-order valence-electron chi connectivity index (χ4n) is 11.7. The summed E-state index contributed by atoms with van der Waals surface area (Å²) in [7, 11) is -4.28. The van der Waals surface area contributed by atoms with Gasteiger partial charge in [0.15, 0.2) is 0 Å². The first kappa shape index (κ1) is 78.9. The first-order chi connectivity index (χ1) is 45.8. The molecule has 0 aliphatic carbocycles. The van der Waals surface area contributed by atoms with E-state index in [-0.39, 0.29) is 68.9 Å². The van der Waals surface area contributed by atoms with Crippen LogP contribution in [0.1, 0.15) is 149 Å². The van der Waals surface area contributed by atoms with Gasteiger partial charge in [-0.3, -0.25) is 52.7 Å². The van der Waals surface area contributed by atoms with E-state index in [1.165, 1.54) is 22.6 Å². The molecule has 0 bridgehead atoms. The molecule has 4 aromatic rings. The number of carbonyl (C=O) groups is 10. The van der Waals surface area contributed by atoms with Gasteiger partial charge < -0.3 is 56.7 Å².